The Morgan fingerprint density at radius 1 is 1.25 bits per heavy atom. The third-order valence-electron chi connectivity index (χ3n) is 3.59. The molecule has 1 aliphatic heterocycles. The number of ether oxygens (including phenoxy) is 1. The van der Waals surface area contributed by atoms with Gasteiger partial charge in [0.2, 0.25) is 0 Å². The van der Waals surface area contributed by atoms with E-state index in [1.807, 2.05) is 12.1 Å². The highest BCUT2D eigenvalue weighted by Gasteiger charge is 2.09. The summed E-state index contributed by atoms with van der Waals surface area (Å²) in [5, 5.41) is 0. The van der Waals surface area contributed by atoms with E-state index in [-0.39, 0.29) is 0 Å². The Labute approximate surface area is 127 Å². The van der Waals surface area contributed by atoms with Gasteiger partial charge in [0.25, 0.3) is 0 Å². The van der Waals surface area contributed by atoms with E-state index in [0.29, 0.717) is 5.88 Å². The van der Waals surface area contributed by atoms with Gasteiger partial charge in [0.05, 0.1) is 5.88 Å². The maximum atomic E-state index is 5.88. The third-order valence-corrected chi connectivity index (χ3v) is 3.72. The van der Waals surface area contributed by atoms with Crippen molar-refractivity contribution in [3.05, 3.63) is 29.3 Å². The normalized spacial score (nSPS) is 15.5. The Hall–Kier alpha value is -1.17. The van der Waals surface area contributed by atoms with Crippen LogP contribution in [0.5, 0.6) is 5.75 Å². The van der Waals surface area contributed by atoms with Gasteiger partial charge in [-0.2, -0.15) is 0 Å². The van der Waals surface area contributed by atoms with Crippen molar-refractivity contribution in [2.24, 2.45) is 0 Å². The SMILES string of the molecule is Cc1cc(C#CCCl)ccc1OCCN1CCCCC1. The molecule has 0 N–H and O–H groups in total. The Balaban J connectivity index is 1.83. The van der Waals surface area contributed by atoms with Gasteiger partial charge in [0, 0.05) is 12.1 Å². The molecular weight excluding hydrogens is 270 g/mol. The summed E-state index contributed by atoms with van der Waals surface area (Å²) in [6.07, 6.45) is 4.03. The Morgan fingerprint density at radius 3 is 2.75 bits per heavy atom. The van der Waals surface area contributed by atoms with Crippen molar-refractivity contribution in [2.75, 3.05) is 32.1 Å². The minimum atomic E-state index is 0.368. The number of halogens is 1. The van der Waals surface area contributed by atoms with Crippen LogP contribution in [-0.4, -0.2) is 37.0 Å². The van der Waals surface area contributed by atoms with Crippen LogP contribution in [0, 0.1) is 18.8 Å². The van der Waals surface area contributed by atoms with Crippen molar-refractivity contribution in [3.63, 3.8) is 0 Å². The molecule has 1 saturated heterocycles. The number of piperidine rings is 1. The van der Waals surface area contributed by atoms with Crippen LogP contribution >= 0.6 is 11.6 Å². The highest BCUT2D eigenvalue weighted by atomic mass is 35.5. The van der Waals surface area contributed by atoms with E-state index in [1.54, 1.807) is 0 Å². The van der Waals surface area contributed by atoms with Crippen molar-refractivity contribution < 1.29 is 4.74 Å². The zero-order valence-corrected chi connectivity index (χ0v) is 12.9. The summed E-state index contributed by atoms with van der Waals surface area (Å²) in [6, 6.07) is 6.04. The minimum absolute atomic E-state index is 0.368. The molecule has 0 saturated carbocycles. The number of alkyl halides is 1. The van der Waals surface area contributed by atoms with Gasteiger partial charge in [-0.25, -0.2) is 0 Å². The minimum Gasteiger partial charge on any atom is -0.492 e. The molecule has 1 aromatic carbocycles. The lowest BCUT2D eigenvalue weighted by molar-refractivity contribution is 0.183. The van der Waals surface area contributed by atoms with Crippen LogP contribution in [0.2, 0.25) is 0 Å². The van der Waals surface area contributed by atoms with E-state index in [2.05, 4.69) is 29.7 Å². The lowest BCUT2D eigenvalue weighted by Crippen LogP contribution is -2.33. The number of aryl methyl sites for hydroxylation is 1. The molecule has 3 heteroatoms. The zero-order chi connectivity index (χ0) is 14.2. The predicted octanol–water partition coefficient (Wildman–Crippen LogP) is 3.45. The standard InChI is InChI=1S/C17H22ClNO/c1-15-14-16(6-5-9-18)7-8-17(15)20-13-12-19-10-3-2-4-11-19/h7-8,14H,2-4,9-13H2,1H3. The van der Waals surface area contributed by atoms with E-state index in [4.69, 9.17) is 16.3 Å². The molecule has 1 aliphatic rings. The maximum absolute atomic E-state index is 5.88. The average molecular weight is 292 g/mol. The highest BCUT2D eigenvalue weighted by Crippen LogP contribution is 2.19. The Kier molecular flexibility index (Phi) is 6.24. The molecule has 1 fully saturated rings. The summed E-state index contributed by atoms with van der Waals surface area (Å²) in [4.78, 5) is 2.49. The Morgan fingerprint density at radius 2 is 2.05 bits per heavy atom. The quantitative estimate of drug-likeness (QED) is 0.622. The van der Waals surface area contributed by atoms with Crippen molar-refractivity contribution in [3.8, 4) is 17.6 Å². The summed E-state index contributed by atoms with van der Waals surface area (Å²) in [6.45, 7) is 6.27. The van der Waals surface area contributed by atoms with Crippen molar-refractivity contribution in [1.29, 1.82) is 0 Å². The molecule has 1 aromatic rings. The molecule has 0 amide bonds. The smallest absolute Gasteiger partial charge is 0.122 e. The summed E-state index contributed by atoms with van der Waals surface area (Å²) in [5.74, 6) is 7.21. The predicted molar refractivity (Wildman–Crippen MR) is 84.6 cm³/mol. The third kappa shape index (κ3) is 4.74. The molecule has 0 unspecified atom stereocenters. The van der Waals surface area contributed by atoms with Crippen molar-refractivity contribution in [1.82, 2.24) is 4.90 Å². The van der Waals surface area contributed by atoms with E-state index >= 15 is 0 Å². The lowest BCUT2D eigenvalue weighted by Gasteiger charge is -2.26. The number of hydrogen-bond donors (Lipinski definition) is 0. The molecule has 0 atom stereocenters. The molecule has 0 aromatic heterocycles. The fourth-order valence-corrected chi connectivity index (χ4v) is 2.56. The van der Waals surface area contributed by atoms with Crippen LogP contribution in [0.3, 0.4) is 0 Å². The first-order valence-corrected chi connectivity index (χ1v) is 7.83. The monoisotopic (exact) mass is 291 g/mol. The summed E-state index contributed by atoms with van der Waals surface area (Å²) < 4.78 is 5.88. The van der Waals surface area contributed by atoms with Crippen LogP contribution in [0.15, 0.2) is 18.2 Å². The second-order valence-corrected chi connectivity index (χ2v) is 5.43. The zero-order valence-electron chi connectivity index (χ0n) is 12.1. The molecule has 0 spiro atoms. The average Bonchev–Trinajstić information content (AvgIpc) is 2.48. The van der Waals surface area contributed by atoms with Gasteiger partial charge in [-0.15, -0.1) is 11.6 Å². The second kappa shape index (κ2) is 8.19. The first-order valence-electron chi connectivity index (χ1n) is 7.30. The van der Waals surface area contributed by atoms with E-state index in [1.165, 1.54) is 32.4 Å². The number of nitrogens with zero attached hydrogens (tertiary/aromatic N) is 1. The van der Waals surface area contributed by atoms with Gasteiger partial charge in [-0.1, -0.05) is 18.3 Å². The van der Waals surface area contributed by atoms with Crippen molar-refractivity contribution in [2.45, 2.75) is 26.2 Å². The first kappa shape index (κ1) is 15.2. The van der Waals surface area contributed by atoms with E-state index in [9.17, 15) is 0 Å². The van der Waals surface area contributed by atoms with Crippen LogP contribution in [0.4, 0.5) is 0 Å². The fraction of sp³-hybridized carbons (Fsp3) is 0.529. The number of rotatable bonds is 4. The molecule has 0 bridgehead atoms. The van der Waals surface area contributed by atoms with Crippen LogP contribution in [-0.2, 0) is 0 Å². The van der Waals surface area contributed by atoms with Gasteiger partial charge >= 0.3 is 0 Å². The highest BCUT2D eigenvalue weighted by molar-refractivity contribution is 6.19. The van der Waals surface area contributed by atoms with Crippen LogP contribution < -0.4 is 4.74 Å². The molecule has 20 heavy (non-hydrogen) atoms. The lowest BCUT2D eigenvalue weighted by atomic mass is 10.1. The molecular formula is C17H22ClNO. The molecule has 1 heterocycles. The molecule has 108 valence electrons. The van der Waals surface area contributed by atoms with E-state index in [0.717, 1.165) is 30.0 Å². The summed E-state index contributed by atoms with van der Waals surface area (Å²) in [5.41, 5.74) is 2.12. The summed E-state index contributed by atoms with van der Waals surface area (Å²) >= 11 is 5.56. The fourth-order valence-electron chi connectivity index (χ4n) is 2.49. The number of benzene rings is 1. The largest absolute Gasteiger partial charge is 0.492 e. The first-order chi connectivity index (χ1) is 9.79. The van der Waals surface area contributed by atoms with Crippen LogP contribution in [0.1, 0.15) is 30.4 Å². The number of hydrogen-bond acceptors (Lipinski definition) is 2. The molecule has 2 nitrogen and oxygen atoms in total. The molecule has 0 aliphatic carbocycles. The maximum Gasteiger partial charge on any atom is 0.122 e. The molecule has 0 radical (unpaired) electrons. The Bertz CT molecular complexity index is 483. The second-order valence-electron chi connectivity index (χ2n) is 5.17. The van der Waals surface area contributed by atoms with Gasteiger partial charge in [-0.3, -0.25) is 4.90 Å². The van der Waals surface area contributed by atoms with Gasteiger partial charge in [-0.05, 0) is 56.6 Å². The van der Waals surface area contributed by atoms with E-state index < -0.39 is 0 Å². The molecule has 2 rings (SSSR count). The van der Waals surface area contributed by atoms with Gasteiger partial charge in [0.1, 0.15) is 12.4 Å². The van der Waals surface area contributed by atoms with Crippen molar-refractivity contribution >= 4 is 11.6 Å². The number of likely N-dealkylation sites (tertiary alicyclic amines) is 1. The van der Waals surface area contributed by atoms with Crippen LogP contribution in [0.25, 0.3) is 0 Å². The summed E-state index contributed by atoms with van der Waals surface area (Å²) in [7, 11) is 0. The van der Waals surface area contributed by atoms with Gasteiger partial charge < -0.3 is 4.74 Å². The topological polar surface area (TPSA) is 12.5 Å². The van der Waals surface area contributed by atoms with Gasteiger partial charge in [0.15, 0.2) is 0 Å².